The minimum atomic E-state index is 0.863. The van der Waals surface area contributed by atoms with Gasteiger partial charge in [-0.05, 0) is 6.26 Å². The second-order valence-corrected chi connectivity index (χ2v) is 5.36. The van der Waals surface area contributed by atoms with E-state index in [1.807, 2.05) is 11.8 Å². The Kier molecular flexibility index (Phi) is 4.43. The maximum atomic E-state index is 5.32. The van der Waals surface area contributed by atoms with E-state index in [1.54, 1.807) is 11.3 Å². The molecule has 0 radical (unpaired) electrons. The van der Waals surface area contributed by atoms with E-state index in [9.17, 15) is 0 Å². The highest BCUT2D eigenvalue weighted by molar-refractivity contribution is 7.97. The normalized spacial score (nSPS) is 18.2. The molecule has 0 bridgehead atoms. The molecule has 1 aliphatic rings. The molecule has 1 aliphatic heterocycles. The van der Waals surface area contributed by atoms with Crippen LogP contribution in [0.4, 0.5) is 0 Å². The zero-order valence-electron chi connectivity index (χ0n) is 8.94. The molecule has 0 aliphatic carbocycles. The summed E-state index contributed by atoms with van der Waals surface area (Å²) < 4.78 is 5.32. The summed E-state index contributed by atoms with van der Waals surface area (Å²) in [6.07, 6.45) is 2.11. The fourth-order valence-corrected chi connectivity index (χ4v) is 3.11. The molecule has 0 unspecified atom stereocenters. The Hall–Kier alpha value is -0.100. The van der Waals surface area contributed by atoms with Gasteiger partial charge in [-0.25, -0.2) is 4.98 Å². The van der Waals surface area contributed by atoms with Crippen LogP contribution in [-0.4, -0.2) is 42.4 Å². The van der Waals surface area contributed by atoms with Gasteiger partial charge in [0.2, 0.25) is 0 Å². The van der Waals surface area contributed by atoms with Crippen LogP contribution in [0, 0.1) is 0 Å². The fourth-order valence-electron chi connectivity index (χ4n) is 1.60. The van der Waals surface area contributed by atoms with E-state index in [2.05, 4.69) is 21.5 Å². The third-order valence-electron chi connectivity index (χ3n) is 2.36. The van der Waals surface area contributed by atoms with Crippen LogP contribution in [0.15, 0.2) is 5.38 Å². The van der Waals surface area contributed by atoms with Gasteiger partial charge in [-0.3, -0.25) is 4.90 Å². The van der Waals surface area contributed by atoms with Crippen molar-refractivity contribution < 1.29 is 4.74 Å². The zero-order chi connectivity index (χ0) is 10.5. The van der Waals surface area contributed by atoms with Crippen LogP contribution in [0.3, 0.4) is 0 Å². The molecule has 0 atom stereocenters. The lowest BCUT2D eigenvalue weighted by Crippen LogP contribution is -2.35. The van der Waals surface area contributed by atoms with E-state index in [1.165, 1.54) is 10.7 Å². The van der Waals surface area contributed by atoms with Crippen LogP contribution in [0.1, 0.15) is 10.7 Å². The Balaban J connectivity index is 1.86. The van der Waals surface area contributed by atoms with E-state index in [4.69, 9.17) is 4.74 Å². The Morgan fingerprint density at radius 1 is 1.53 bits per heavy atom. The third-order valence-corrected chi connectivity index (χ3v) is 4.00. The van der Waals surface area contributed by atoms with E-state index in [0.717, 1.165) is 38.6 Å². The summed E-state index contributed by atoms with van der Waals surface area (Å²) in [4.78, 5) is 7.01. The molecule has 0 amide bonds. The van der Waals surface area contributed by atoms with E-state index in [-0.39, 0.29) is 0 Å². The van der Waals surface area contributed by atoms with Gasteiger partial charge in [0.15, 0.2) is 0 Å². The van der Waals surface area contributed by atoms with Crippen molar-refractivity contribution in [3.63, 3.8) is 0 Å². The second kappa shape index (κ2) is 5.84. The van der Waals surface area contributed by atoms with Gasteiger partial charge < -0.3 is 4.74 Å². The number of thioether (sulfide) groups is 1. The molecule has 2 heterocycles. The van der Waals surface area contributed by atoms with Crippen LogP contribution in [-0.2, 0) is 17.0 Å². The van der Waals surface area contributed by atoms with Crippen LogP contribution in [0.25, 0.3) is 0 Å². The lowest BCUT2D eigenvalue weighted by molar-refractivity contribution is 0.0337. The number of morpholine rings is 1. The Morgan fingerprint density at radius 2 is 2.33 bits per heavy atom. The standard InChI is InChI=1S/C10H16N2OS2/c1-14-8-10-11-9(7-15-10)6-12-2-4-13-5-3-12/h7H,2-6,8H2,1H3. The molecule has 0 aromatic carbocycles. The largest absolute Gasteiger partial charge is 0.379 e. The van der Waals surface area contributed by atoms with Crippen molar-refractivity contribution in [3.8, 4) is 0 Å². The first-order chi connectivity index (χ1) is 7.38. The van der Waals surface area contributed by atoms with E-state index >= 15 is 0 Å². The van der Waals surface area contributed by atoms with Crippen molar-refractivity contribution >= 4 is 23.1 Å². The predicted molar refractivity (Wildman–Crippen MR) is 65.4 cm³/mol. The highest BCUT2D eigenvalue weighted by atomic mass is 32.2. The number of ether oxygens (including phenoxy) is 1. The van der Waals surface area contributed by atoms with Gasteiger partial charge in [0.1, 0.15) is 5.01 Å². The topological polar surface area (TPSA) is 25.4 Å². The van der Waals surface area contributed by atoms with Crippen molar-refractivity contribution in [2.24, 2.45) is 0 Å². The first kappa shape index (κ1) is 11.4. The molecule has 1 aromatic heterocycles. The Labute approximate surface area is 98.8 Å². The van der Waals surface area contributed by atoms with Crippen LogP contribution < -0.4 is 0 Å². The highest BCUT2D eigenvalue weighted by Crippen LogP contribution is 2.16. The van der Waals surface area contributed by atoms with E-state index in [0.29, 0.717) is 0 Å². The lowest BCUT2D eigenvalue weighted by Gasteiger charge is -2.25. The van der Waals surface area contributed by atoms with Gasteiger partial charge in [0.25, 0.3) is 0 Å². The summed E-state index contributed by atoms with van der Waals surface area (Å²) in [6.45, 7) is 4.78. The van der Waals surface area contributed by atoms with Gasteiger partial charge in [-0.2, -0.15) is 11.8 Å². The van der Waals surface area contributed by atoms with Gasteiger partial charge >= 0.3 is 0 Å². The van der Waals surface area contributed by atoms with Gasteiger partial charge in [-0.1, -0.05) is 0 Å². The van der Waals surface area contributed by atoms with Gasteiger partial charge in [0, 0.05) is 30.8 Å². The molecule has 3 nitrogen and oxygen atoms in total. The number of rotatable bonds is 4. The van der Waals surface area contributed by atoms with E-state index < -0.39 is 0 Å². The molecular formula is C10H16N2OS2. The molecule has 0 saturated carbocycles. The monoisotopic (exact) mass is 244 g/mol. The molecule has 84 valence electrons. The average Bonchev–Trinajstić information content (AvgIpc) is 2.68. The molecule has 5 heteroatoms. The number of nitrogens with zero attached hydrogens (tertiary/aromatic N) is 2. The molecule has 1 fully saturated rings. The van der Waals surface area contributed by atoms with Crippen molar-refractivity contribution in [1.82, 2.24) is 9.88 Å². The number of thiazole rings is 1. The minimum Gasteiger partial charge on any atom is -0.379 e. The maximum absolute atomic E-state index is 5.32. The highest BCUT2D eigenvalue weighted by Gasteiger charge is 2.12. The molecule has 0 spiro atoms. The van der Waals surface area contributed by atoms with Crippen molar-refractivity contribution in [3.05, 3.63) is 16.1 Å². The Bertz CT molecular complexity index is 297. The molecular weight excluding hydrogens is 228 g/mol. The van der Waals surface area contributed by atoms with Crippen molar-refractivity contribution in [2.45, 2.75) is 12.3 Å². The zero-order valence-corrected chi connectivity index (χ0v) is 10.6. The predicted octanol–water partition coefficient (Wildman–Crippen LogP) is 1.84. The lowest BCUT2D eigenvalue weighted by atomic mass is 10.3. The van der Waals surface area contributed by atoms with Crippen molar-refractivity contribution in [1.29, 1.82) is 0 Å². The smallest absolute Gasteiger partial charge is 0.103 e. The molecule has 1 aromatic rings. The fraction of sp³-hybridized carbons (Fsp3) is 0.700. The summed E-state index contributed by atoms with van der Waals surface area (Å²) in [5.41, 5.74) is 1.21. The molecule has 2 rings (SSSR count). The van der Waals surface area contributed by atoms with Crippen LogP contribution >= 0.6 is 23.1 Å². The molecule has 15 heavy (non-hydrogen) atoms. The first-order valence-electron chi connectivity index (χ1n) is 5.11. The second-order valence-electron chi connectivity index (χ2n) is 3.55. The van der Waals surface area contributed by atoms with Crippen LogP contribution in [0.5, 0.6) is 0 Å². The SMILES string of the molecule is CSCc1nc(CN2CCOCC2)cs1. The molecule has 0 N–H and O–H groups in total. The third kappa shape index (κ3) is 3.45. The average molecular weight is 244 g/mol. The van der Waals surface area contributed by atoms with Gasteiger partial charge in [-0.15, -0.1) is 11.3 Å². The van der Waals surface area contributed by atoms with Gasteiger partial charge in [0.05, 0.1) is 18.9 Å². The number of aromatic nitrogens is 1. The summed E-state index contributed by atoms with van der Waals surface area (Å²) in [5.74, 6) is 1.04. The first-order valence-corrected chi connectivity index (χ1v) is 7.38. The molecule has 1 saturated heterocycles. The minimum absolute atomic E-state index is 0.863. The summed E-state index contributed by atoms with van der Waals surface area (Å²) in [6, 6.07) is 0. The number of hydrogen-bond donors (Lipinski definition) is 0. The summed E-state index contributed by atoms with van der Waals surface area (Å²) >= 11 is 3.60. The summed E-state index contributed by atoms with van der Waals surface area (Å²) in [5, 5.41) is 3.42. The summed E-state index contributed by atoms with van der Waals surface area (Å²) in [7, 11) is 0. The van der Waals surface area contributed by atoms with Crippen molar-refractivity contribution in [2.75, 3.05) is 32.6 Å². The van der Waals surface area contributed by atoms with Crippen LogP contribution in [0.2, 0.25) is 0 Å². The number of hydrogen-bond acceptors (Lipinski definition) is 5. The Morgan fingerprint density at radius 3 is 3.07 bits per heavy atom. The maximum Gasteiger partial charge on any atom is 0.103 e. The quantitative estimate of drug-likeness (QED) is 0.807.